The first-order valence-corrected chi connectivity index (χ1v) is 7.72. The largest absolute Gasteiger partial charge is 0.384 e. The molecular weight excluding hydrogens is 264 g/mol. The molecule has 0 bridgehead atoms. The number of anilines is 1. The maximum atomic E-state index is 7.89. The van der Waals surface area contributed by atoms with E-state index in [0.29, 0.717) is 6.61 Å². The van der Waals surface area contributed by atoms with E-state index in [-0.39, 0.29) is 11.4 Å². The van der Waals surface area contributed by atoms with Crippen LogP contribution in [0.4, 0.5) is 5.82 Å². The molecule has 2 aliphatic rings. The van der Waals surface area contributed by atoms with E-state index in [9.17, 15) is 0 Å². The van der Waals surface area contributed by atoms with Gasteiger partial charge in [-0.2, -0.15) is 0 Å². The summed E-state index contributed by atoms with van der Waals surface area (Å²) in [5.74, 6) is 0.967. The first-order valence-electron chi connectivity index (χ1n) is 7.72. The van der Waals surface area contributed by atoms with Gasteiger partial charge in [0, 0.05) is 18.8 Å². The molecule has 1 aliphatic carbocycles. The molecule has 2 heterocycles. The molecule has 0 amide bonds. The Morgan fingerprint density at radius 2 is 2.14 bits per heavy atom. The third-order valence-electron chi connectivity index (χ3n) is 4.30. The monoisotopic (exact) mass is 288 g/mol. The number of hydrogen-bond acceptors (Lipinski definition) is 4. The number of nitrogen functional groups attached to an aromatic ring is 1. The molecule has 1 aromatic rings. The first-order chi connectivity index (χ1) is 9.96. The van der Waals surface area contributed by atoms with Crippen molar-refractivity contribution in [1.29, 1.82) is 5.41 Å². The van der Waals surface area contributed by atoms with Crippen molar-refractivity contribution in [3.63, 3.8) is 0 Å². The molecule has 5 heteroatoms. The van der Waals surface area contributed by atoms with Gasteiger partial charge in [-0.15, -0.1) is 0 Å². The number of aryl methyl sites for hydroxylation is 2. The number of aromatic nitrogens is 1. The number of fused-ring (bicyclic) bond motifs is 1. The average molecular weight is 288 g/mol. The zero-order valence-electron chi connectivity index (χ0n) is 12.9. The maximum absolute atomic E-state index is 7.89. The number of ether oxygens (including phenoxy) is 1. The Hall–Kier alpha value is -1.62. The summed E-state index contributed by atoms with van der Waals surface area (Å²) in [4.78, 5) is 7.09. The van der Waals surface area contributed by atoms with Crippen molar-refractivity contribution in [2.75, 3.05) is 24.6 Å². The second kappa shape index (κ2) is 5.30. The Bertz CT molecular complexity index is 568. The summed E-state index contributed by atoms with van der Waals surface area (Å²) in [5.41, 5.74) is 8.84. The summed E-state index contributed by atoms with van der Waals surface area (Å²) >= 11 is 0. The highest BCUT2D eigenvalue weighted by Crippen LogP contribution is 2.29. The van der Waals surface area contributed by atoms with Crippen molar-refractivity contribution in [2.24, 2.45) is 5.73 Å². The summed E-state index contributed by atoms with van der Waals surface area (Å²) < 4.78 is 5.78. The number of rotatable bonds is 2. The highest BCUT2D eigenvalue weighted by atomic mass is 16.5. The standard InChI is InChI=1S/C16H24N4O/c1-16(2)10-20(7-8-21-16)15-12(14(17)18)9-11-5-3-4-6-13(11)19-15/h9H,3-8,10H2,1-2H3,(H3,17,18). The summed E-state index contributed by atoms with van der Waals surface area (Å²) in [6.07, 6.45) is 4.50. The van der Waals surface area contributed by atoms with Gasteiger partial charge in [-0.1, -0.05) is 0 Å². The molecule has 3 N–H and O–H groups in total. The Morgan fingerprint density at radius 3 is 2.86 bits per heavy atom. The zero-order chi connectivity index (χ0) is 15.0. The second-order valence-corrected chi connectivity index (χ2v) is 6.62. The normalized spacial score (nSPS) is 21.0. The summed E-state index contributed by atoms with van der Waals surface area (Å²) in [5, 5.41) is 7.89. The van der Waals surface area contributed by atoms with Gasteiger partial charge in [0.05, 0.1) is 17.8 Å². The molecule has 0 unspecified atom stereocenters. The highest BCUT2D eigenvalue weighted by Gasteiger charge is 2.30. The number of nitrogens with one attached hydrogen (secondary N) is 1. The van der Waals surface area contributed by atoms with Crippen LogP contribution in [0.2, 0.25) is 0 Å². The zero-order valence-corrected chi connectivity index (χ0v) is 12.9. The minimum Gasteiger partial charge on any atom is -0.384 e. The Labute approximate surface area is 126 Å². The van der Waals surface area contributed by atoms with Crippen LogP contribution in [0.5, 0.6) is 0 Å². The Balaban J connectivity index is 2.01. The van der Waals surface area contributed by atoms with Gasteiger partial charge in [0.25, 0.3) is 0 Å². The van der Waals surface area contributed by atoms with Gasteiger partial charge in [0.2, 0.25) is 0 Å². The van der Waals surface area contributed by atoms with Gasteiger partial charge < -0.3 is 15.4 Å². The predicted octanol–water partition coefficient (Wildman–Crippen LogP) is 1.86. The molecular formula is C16H24N4O. The van der Waals surface area contributed by atoms with Crippen LogP contribution in [-0.4, -0.2) is 36.1 Å². The van der Waals surface area contributed by atoms with Gasteiger partial charge in [-0.05, 0) is 51.2 Å². The van der Waals surface area contributed by atoms with Crippen molar-refractivity contribution < 1.29 is 4.74 Å². The molecule has 5 nitrogen and oxygen atoms in total. The smallest absolute Gasteiger partial charge is 0.140 e. The van der Waals surface area contributed by atoms with E-state index in [2.05, 4.69) is 24.8 Å². The quantitative estimate of drug-likeness (QED) is 0.643. The van der Waals surface area contributed by atoms with E-state index in [1.807, 2.05) is 0 Å². The van der Waals surface area contributed by atoms with E-state index in [0.717, 1.165) is 37.3 Å². The van der Waals surface area contributed by atoms with Crippen LogP contribution in [0.15, 0.2) is 6.07 Å². The number of hydrogen-bond donors (Lipinski definition) is 2. The third kappa shape index (κ3) is 2.88. The lowest BCUT2D eigenvalue weighted by molar-refractivity contribution is -0.0279. The molecule has 3 rings (SSSR count). The number of morpholine rings is 1. The third-order valence-corrected chi connectivity index (χ3v) is 4.30. The highest BCUT2D eigenvalue weighted by molar-refractivity contribution is 6.00. The van der Waals surface area contributed by atoms with Crippen LogP contribution in [0.25, 0.3) is 0 Å². The number of amidine groups is 1. The van der Waals surface area contributed by atoms with E-state index in [1.165, 1.54) is 24.1 Å². The number of pyridine rings is 1. The summed E-state index contributed by atoms with van der Waals surface area (Å²) in [6, 6.07) is 2.08. The van der Waals surface area contributed by atoms with Gasteiger partial charge in [0.15, 0.2) is 0 Å². The molecule has 1 fully saturated rings. The van der Waals surface area contributed by atoms with Crippen molar-refractivity contribution in [2.45, 2.75) is 45.1 Å². The summed E-state index contributed by atoms with van der Waals surface area (Å²) in [7, 11) is 0. The van der Waals surface area contributed by atoms with Crippen LogP contribution in [0.1, 0.15) is 43.5 Å². The van der Waals surface area contributed by atoms with E-state index >= 15 is 0 Å². The molecule has 21 heavy (non-hydrogen) atoms. The molecule has 1 aromatic heterocycles. The van der Waals surface area contributed by atoms with E-state index < -0.39 is 0 Å². The average Bonchev–Trinajstić information content (AvgIpc) is 2.44. The molecule has 0 radical (unpaired) electrons. The molecule has 0 spiro atoms. The molecule has 1 saturated heterocycles. The molecule has 114 valence electrons. The fourth-order valence-corrected chi connectivity index (χ4v) is 3.26. The lowest BCUT2D eigenvalue weighted by Crippen LogP contribution is -2.49. The lowest BCUT2D eigenvalue weighted by Gasteiger charge is -2.39. The van der Waals surface area contributed by atoms with Gasteiger partial charge in [-0.25, -0.2) is 4.98 Å². The van der Waals surface area contributed by atoms with Crippen molar-refractivity contribution >= 4 is 11.7 Å². The van der Waals surface area contributed by atoms with Crippen molar-refractivity contribution in [3.8, 4) is 0 Å². The maximum Gasteiger partial charge on any atom is 0.140 e. The van der Waals surface area contributed by atoms with Crippen molar-refractivity contribution in [1.82, 2.24) is 4.98 Å². The predicted molar refractivity (Wildman–Crippen MR) is 84.1 cm³/mol. The fraction of sp³-hybridized carbons (Fsp3) is 0.625. The van der Waals surface area contributed by atoms with Crippen molar-refractivity contribution in [3.05, 3.63) is 22.9 Å². The number of nitrogens with zero attached hydrogens (tertiary/aromatic N) is 2. The number of nitrogens with two attached hydrogens (primary N) is 1. The van der Waals surface area contributed by atoms with Crippen LogP contribution in [0.3, 0.4) is 0 Å². The van der Waals surface area contributed by atoms with Crippen LogP contribution >= 0.6 is 0 Å². The Kier molecular flexibility index (Phi) is 3.61. The van der Waals surface area contributed by atoms with E-state index in [1.54, 1.807) is 0 Å². The lowest BCUT2D eigenvalue weighted by atomic mass is 9.94. The van der Waals surface area contributed by atoms with E-state index in [4.69, 9.17) is 20.9 Å². The second-order valence-electron chi connectivity index (χ2n) is 6.62. The minimum atomic E-state index is -0.191. The fourth-order valence-electron chi connectivity index (χ4n) is 3.26. The SMILES string of the molecule is CC1(C)CN(c2nc3c(cc2C(=N)N)CCCC3)CCO1. The molecule has 1 aliphatic heterocycles. The van der Waals surface area contributed by atoms with Crippen LogP contribution < -0.4 is 10.6 Å². The first kappa shape index (κ1) is 14.3. The minimum absolute atomic E-state index is 0.107. The molecule has 0 aromatic carbocycles. The topological polar surface area (TPSA) is 75.2 Å². The van der Waals surface area contributed by atoms with Crippen LogP contribution in [-0.2, 0) is 17.6 Å². The molecule has 0 saturated carbocycles. The van der Waals surface area contributed by atoms with Gasteiger partial charge in [-0.3, -0.25) is 5.41 Å². The van der Waals surface area contributed by atoms with Gasteiger partial charge >= 0.3 is 0 Å². The Morgan fingerprint density at radius 1 is 1.38 bits per heavy atom. The molecule has 0 atom stereocenters. The van der Waals surface area contributed by atoms with Gasteiger partial charge in [0.1, 0.15) is 11.7 Å². The van der Waals surface area contributed by atoms with Crippen LogP contribution in [0, 0.1) is 5.41 Å². The summed E-state index contributed by atoms with van der Waals surface area (Å²) in [6.45, 7) is 6.44.